The minimum atomic E-state index is -0.308. The summed E-state index contributed by atoms with van der Waals surface area (Å²) in [6.07, 6.45) is 2.06. The van der Waals surface area contributed by atoms with Gasteiger partial charge in [-0.15, -0.1) is 16.8 Å². The summed E-state index contributed by atoms with van der Waals surface area (Å²) in [5, 5.41) is 12.4. The van der Waals surface area contributed by atoms with Crippen LogP contribution >= 0.6 is 11.8 Å². The highest BCUT2D eigenvalue weighted by Gasteiger charge is 2.19. The molecule has 1 atom stereocenters. The number of rotatable bonds is 13. The van der Waals surface area contributed by atoms with Crippen LogP contribution in [0.1, 0.15) is 24.4 Å². The van der Waals surface area contributed by atoms with Gasteiger partial charge in [-0.3, -0.25) is 4.79 Å². The van der Waals surface area contributed by atoms with Gasteiger partial charge in [-0.2, -0.15) is 0 Å². The Bertz CT molecular complexity index is 1080. The van der Waals surface area contributed by atoms with Crippen molar-refractivity contribution in [1.82, 2.24) is 20.1 Å². The van der Waals surface area contributed by atoms with Gasteiger partial charge in [0, 0.05) is 12.3 Å². The molecular weight excluding hydrogens is 452 g/mol. The highest BCUT2D eigenvalue weighted by atomic mass is 32.2. The second-order valence-corrected chi connectivity index (χ2v) is 8.46. The van der Waals surface area contributed by atoms with E-state index in [1.54, 1.807) is 20.3 Å². The highest BCUT2D eigenvalue weighted by molar-refractivity contribution is 7.99. The number of amides is 1. The summed E-state index contributed by atoms with van der Waals surface area (Å²) >= 11 is 1.53. The zero-order valence-corrected chi connectivity index (χ0v) is 20.5. The predicted octanol–water partition coefficient (Wildman–Crippen LogP) is 4.07. The number of benzene rings is 2. The van der Waals surface area contributed by atoms with E-state index < -0.39 is 0 Å². The first-order valence-corrected chi connectivity index (χ1v) is 11.9. The maximum absolute atomic E-state index is 12.6. The van der Waals surface area contributed by atoms with E-state index in [9.17, 15) is 4.79 Å². The van der Waals surface area contributed by atoms with E-state index in [1.165, 1.54) is 11.8 Å². The molecule has 1 aromatic heterocycles. The van der Waals surface area contributed by atoms with Crippen molar-refractivity contribution >= 4 is 17.7 Å². The van der Waals surface area contributed by atoms with Crippen LogP contribution in [-0.2, 0) is 17.8 Å². The van der Waals surface area contributed by atoms with E-state index in [4.69, 9.17) is 14.2 Å². The van der Waals surface area contributed by atoms with Gasteiger partial charge in [-0.25, -0.2) is 0 Å². The summed E-state index contributed by atoms with van der Waals surface area (Å²) in [7, 11) is 3.23. The Kier molecular flexibility index (Phi) is 9.40. The van der Waals surface area contributed by atoms with Crippen LogP contribution < -0.4 is 19.5 Å². The molecule has 0 aliphatic carbocycles. The third-order valence-electron chi connectivity index (χ3n) is 4.99. The lowest BCUT2D eigenvalue weighted by Crippen LogP contribution is -2.30. The van der Waals surface area contributed by atoms with Crippen LogP contribution in [0.25, 0.3) is 0 Å². The topological polar surface area (TPSA) is 87.5 Å². The van der Waals surface area contributed by atoms with E-state index in [0.29, 0.717) is 36.2 Å². The number of hydrogen-bond donors (Lipinski definition) is 1. The van der Waals surface area contributed by atoms with Crippen LogP contribution in [0.15, 0.2) is 66.3 Å². The molecule has 1 heterocycles. The second-order valence-electron chi connectivity index (χ2n) is 7.40. The van der Waals surface area contributed by atoms with Crippen molar-refractivity contribution in [3.63, 3.8) is 0 Å². The molecule has 0 aliphatic rings. The standard InChI is InChI=1S/C25H30N4O4S/c1-5-14-29-24(18(2)26-23(30)17-19-10-12-20(31-3)13-11-19)27-28-25(29)34-16-15-33-22-9-7-6-8-21(22)32-4/h5-13,18H,1,14-17H2,2-4H3,(H,26,30). The number of nitrogens with one attached hydrogen (secondary N) is 1. The molecule has 0 spiro atoms. The SMILES string of the molecule is C=CCn1c(SCCOc2ccccc2OC)nnc1C(C)NC(=O)Cc1ccc(OC)cc1. The first-order valence-electron chi connectivity index (χ1n) is 10.9. The molecule has 1 unspecified atom stereocenters. The summed E-state index contributed by atoms with van der Waals surface area (Å²) < 4.78 is 18.3. The Hall–Kier alpha value is -3.46. The van der Waals surface area contributed by atoms with Gasteiger partial charge in [-0.05, 0) is 36.8 Å². The van der Waals surface area contributed by atoms with Crippen molar-refractivity contribution in [3.05, 3.63) is 72.6 Å². The molecule has 1 amide bonds. The molecule has 0 saturated heterocycles. The van der Waals surface area contributed by atoms with Crippen molar-refractivity contribution in [3.8, 4) is 17.2 Å². The third kappa shape index (κ3) is 6.77. The number of hydrogen-bond acceptors (Lipinski definition) is 7. The number of carbonyl (C=O) groups excluding carboxylic acids is 1. The fourth-order valence-corrected chi connectivity index (χ4v) is 4.11. The summed E-state index contributed by atoms with van der Waals surface area (Å²) in [6, 6.07) is 14.7. The number of aromatic nitrogens is 3. The molecule has 34 heavy (non-hydrogen) atoms. The molecule has 180 valence electrons. The molecule has 0 saturated carbocycles. The molecule has 0 fully saturated rings. The van der Waals surface area contributed by atoms with Crippen molar-refractivity contribution in [1.29, 1.82) is 0 Å². The third-order valence-corrected chi connectivity index (χ3v) is 5.92. The van der Waals surface area contributed by atoms with Crippen LogP contribution in [0.5, 0.6) is 17.2 Å². The number of nitrogens with zero attached hydrogens (tertiary/aromatic N) is 3. The largest absolute Gasteiger partial charge is 0.497 e. The summed E-state index contributed by atoms with van der Waals surface area (Å²) in [4.78, 5) is 12.6. The minimum absolute atomic E-state index is 0.0924. The lowest BCUT2D eigenvalue weighted by Gasteiger charge is -2.15. The molecule has 1 N–H and O–H groups in total. The Labute approximate surface area is 204 Å². The number of thioether (sulfide) groups is 1. The maximum Gasteiger partial charge on any atom is 0.224 e. The summed E-state index contributed by atoms with van der Waals surface area (Å²) in [5.74, 6) is 3.41. The Morgan fingerprint density at radius 3 is 2.53 bits per heavy atom. The maximum atomic E-state index is 12.6. The molecule has 0 bridgehead atoms. The van der Waals surface area contributed by atoms with Gasteiger partial charge in [0.05, 0.1) is 33.3 Å². The van der Waals surface area contributed by atoms with Crippen LogP contribution in [0.3, 0.4) is 0 Å². The van der Waals surface area contributed by atoms with E-state index in [0.717, 1.165) is 16.5 Å². The highest BCUT2D eigenvalue weighted by Crippen LogP contribution is 2.26. The van der Waals surface area contributed by atoms with Crippen LogP contribution in [0, 0.1) is 0 Å². The average Bonchev–Trinajstić information content (AvgIpc) is 3.25. The van der Waals surface area contributed by atoms with Gasteiger partial charge < -0.3 is 24.1 Å². The number of methoxy groups -OCH3 is 2. The first kappa shape index (κ1) is 25.2. The number of allylic oxidation sites excluding steroid dienone is 1. The normalized spacial score (nSPS) is 11.5. The molecule has 9 heteroatoms. The molecular formula is C25H30N4O4S. The van der Waals surface area contributed by atoms with Crippen molar-refractivity contribution in [2.75, 3.05) is 26.6 Å². The smallest absolute Gasteiger partial charge is 0.224 e. The van der Waals surface area contributed by atoms with E-state index in [1.807, 2.05) is 60.0 Å². The van der Waals surface area contributed by atoms with Crippen LogP contribution in [0.4, 0.5) is 0 Å². The summed E-state index contributed by atoms with van der Waals surface area (Å²) in [6.45, 7) is 6.76. The Morgan fingerprint density at radius 1 is 1.12 bits per heavy atom. The van der Waals surface area contributed by atoms with Gasteiger partial charge in [0.2, 0.25) is 5.91 Å². The van der Waals surface area contributed by atoms with Crippen LogP contribution in [-0.4, -0.2) is 47.3 Å². The molecule has 2 aromatic carbocycles. The monoisotopic (exact) mass is 482 g/mol. The fraction of sp³-hybridized carbons (Fsp3) is 0.320. The molecule has 8 nitrogen and oxygen atoms in total. The molecule has 3 aromatic rings. The van der Waals surface area contributed by atoms with E-state index in [-0.39, 0.29) is 18.4 Å². The zero-order valence-electron chi connectivity index (χ0n) is 19.7. The quantitative estimate of drug-likeness (QED) is 0.223. The van der Waals surface area contributed by atoms with Gasteiger partial charge in [0.25, 0.3) is 0 Å². The second kappa shape index (κ2) is 12.7. The minimum Gasteiger partial charge on any atom is -0.497 e. The van der Waals surface area contributed by atoms with Gasteiger partial charge in [0.15, 0.2) is 22.5 Å². The van der Waals surface area contributed by atoms with Gasteiger partial charge in [0.1, 0.15) is 5.75 Å². The van der Waals surface area contributed by atoms with Gasteiger partial charge >= 0.3 is 0 Å². The average molecular weight is 483 g/mol. The Balaban J connectivity index is 1.57. The number of para-hydroxylation sites is 2. The molecule has 0 aliphatic heterocycles. The van der Waals surface area contributed by atoms with Crippen molar-refractivity contribution in [2.24, 2.45) is 0 Å². The predicted molar refractivity (Wildman–Crippen MR) is 133 cm³/mol. The fourth-order valence-electron chi connectivity index (χ4n) is 3.34. The Morgan fingerprint density at radius 2 is 1.85 bits per heavy atom. The molecule has 0 radical (unpaired) electrons. The van der Waals surface area contributed by atoms with Gasteiger partial charge in [-0.1, -0.05) is 42.1 Å². The van der Waals surface area contributed by atoms with Crippen molar-refractivity contribution in [2.45, 2.75) is 31.1 Å². The summed E-state index contributed by atoms with van der Waals surface area (Å²) in [5.41, 5.74) is 0.907. The van der Waals surface area contributed by atoms with Crippen molar-refractivity contribution < 1.29 is 19.0 Å². The first-order chi connectivity index (χ1) is 16.5. The molecule has 3 rings (SSSR count). The van der Waals surface area contributed by atoms with E-state index in [2.05, 4.69) is 22.1 Å². The lowest BCUT2D eigenvalue weighted by atomic mass is 10.1. The number of ether oxygens (including phenoxy) is 3. The van der Waals surface area contributed by atoms with E-state index >= 15 is 0 Å². The number of carbonyl (C=O) groups is 1. The lowest BCUT2D eigenvalue weighted by molar-refractivity contribution is -0.121. The zero-order chi connectivity index (χ0) is 24.3. The van der Waals surface area contributed by atoms with Crippen LogP contribution in [0.2, 0.25) is 0 Å².